The lowest BCUT2D eigenvalue weighted by Gasteiger charge is -2.28. The molecule has 0 N–H and O–H groups in total. The number of thiocarbonyl (C=S) groups is 1. The number of hydrogen-bond donors (Lipinski definition) is 0. The zero-order chi connectivity index (χ0) is 12.4. The van der Waals surface area contributed by atoms with Gasteiger partial charge in [-0.25, -0.2) is 4.98 Å². The number of pyridine rings is 1. The molecule has 4 heteroatoms. The van der Waals surface area contributed by atoms with E-state index >= 15 is 0 Å². The highest BCUT2D eigenvalue weighted by molar-refractivity contribution is 7.80. The summed E-state index contributed by atoms with van der Waals surface area (Å²) in [6.45, 7) is 3.20. The maximum absolute atomic E-state index is 5.51. The summed E-state index contributed by atoms with van der Waals surface area (Å²) in [7, 11) is 0. The Labute approximate surface area is 111 Å². The average molecular weight is 258 g/mol. The largest absolute Gasteiger partial charge is 0.378 e. The number of hydrogen-bond acceptors (Lipinski definition) is 3. The minimum absolute atomic E-state index is 0.744. The Bertz CT molecular complexity index is 579. The first-order valence-electron chi connectivity index (χ1n) is 6.07. The van der Waals surface area contributed by atoms with Gasteiger partial charge in [0.15, 0.2) is 0 Å². The van der Waals surface area contributed by atoms with E-state index in [4.69, 9.17) is 17.0 Å². The molecule has 0 aliphatic carbocycles. The first kappa shape index (κ1) is 11.6. The van der Waals surface area contributed by atoms with Crippen molar-refractivity contribution in [2.75, 3.05) is 26.3 Å². The standard InChI is InChI=1S/C14H14N2OS/c18-14(16-7-9-17-10-8-16)13-6-5-11-3-1-2-4-12(11)15-13/h1-6H,7-10H2. The number of fused-ring (bicyclic) bond motifs is 1. The first-order valence-corrected chi connectivity index (χ1v) is 6.48. The number of nitrogens with zero attached hydrogens (tertiary/aromatic N) is 2. The van der Waals surface area contributed by atoms with Gasteiger partial charge in [0.05, 0.1) is 24.4 Å². The van der Waals surface area contributed by atoms with Crippen LogP contribution in [-0.4, -0.2) is 41.2 Å². The second-order valence-electron chi connectivity index (χ2n) is 4.29. The Kier molecular flexibility index (Phi) is 3.21. The van der Waals surface area contributed by atoms with Crippen molar-refractivity contribution in [3.05, 3.63) is 42.1 Å². The summed E-state index contributed by atoms with van der Waals surface area (Å²) in [6.07, 6.45) is 0. The van der Waals surface area contributed by atoms with Crippen LogP contribution < -0.4 is 0 Å². The third-order valence-electron chi connectivity index (χ3n) is 3.12. The molecule has 0 unspecified atom stereocenters. The third kappa shape index (κ3) is 2.21. The fraction of sp³-hybridized carbons (Fsp3) is 0.286. The quantitative estimate of drug-likeness (QED) is 0.733. The normalized spacial score (nSPS) is 15.9. The van der Waals surface area contributed by atoms with Gasteiger partial charge in [-0.05, 0) is 12.1 Å². The predicted octanol–water partition coefficient (Wildman–Crippen LogP) is 2.24. The van der Waals surface area contributed by atoms with Gasteiger partial charge in [0.2, 0.25) is 0 Å². The van der Waals surface area contributed by atoms with E-state index in [0.717, 1.165) is 47.9 Å². The molecule has 0 spiro atoms. The number of aromatic nitrogens is 1. The fourth-order valence-electron chi connectivity index (χ4n) is 2.11. The second-order valence-corrected chi connectivity index (χ2v) is 4.68. The van der Waals surface area contributed by atoms with E-state index in [2.05, 4.69) is 22.0 Å². The van der Waals surface area contributed by atoms with Crippen LogP contribution in [0.2, 0.25) is 0 Å². The molecular formula is C14H14N2OS. The highest BCUT2D eigenvalue weighted by Crippen LogP contribution is 2.14. The van der Waals surface area contributed by atoms with Crippen LogP contribution in [0.25, 0.3) is 10.9 Å². The molecule has 0 amide bonds. The van der Waals surface area contributed by atoms with E-state index in [0.29, 0.717) is 0 Å². The zero-order valence-electron chi connectivity index (χ0n) is 10.0. The SMILES string of the molecule is S=C(c1ccc2ccccc2n1)N1CCOCC1. The monoisotopic (exact) mass is 258 g/mol. The molecule has 0 atom stereocenters. The van der Waals surface area contributed by atoms with Gasteiger partial charge in [0.25, 0.3) is 0 Å². The van der Waals surface area contributed by atoms with Crippen molar-refractivity contribution >= 4 is 28.1 Å². The first-order chi connectivity index (χ1) is 8.84. The lowest BCUT2D eigenvalue weighted by Crippen LogP contribution is -2.40. The molecule has 1 saturated heterocycles. The summed E-state index contributed by atoms with van der Waals surface area (Å²) in [5.41, 5.74) is 1.87. The number of ether oxygens (including phenoxy) is 1. The molecule has 2 heterocycles. The Morgan fingerprint density at radius 2 is 1.89 bits per heavy atom. The summed E-state index contributed by atoms with van der Waals surface area (Å²) in [5, 5.41) is 1.14. The van der Waals surface area contributed by atoms with Crippen molar-refractivity contribution in [1.82, 2.24) is 9.88 Å². The number of morpholine rings is 1. The topological polar surface area (TPSA) is 25.4 Å². The van der Waals surface area contributed by atoms with E-state index in [1.807, 2.05) is 24.3 Å². The minimum Gasteiger partial charge on any atom is -0.378 e. The van der Waals surface area contributed by atoms with Gasteiger partial charge < -0.3 is 9.64 Å². The summed E-state index contributed by atoms with van der Waals surface area (Å²) in [6, 6.07) is 12.2. The number of benzene rings is 1. The van der Waals surface area contributed by atoms with E-state index in [9.17, 15) is 0 Å². The molecule has 2 aromatic rings. The maximum atomic E-state index is 5.51. The summed E-state index contributed by atoms with van der Waals surface area (Å²) in [5.74, 6) is 0. The van der Waals surface area contributed by atoms with Gasteiger partial charge in [0, 0.05) is 18.5 Å². The Hall–Kier alpha value is -1.52. The molecule has 18 heavy (non-hydrogen) atoms. The number of rotatable bonds is 1. The minimum atomic E-state index is 0.744. The molecular weight excluding hydrogens is 244 g/mol. The van der Waals surface area contributed by atoms with Gasteiger partial charge in [-0.3, -0.25) is 0 Å². The van der Waals surface area contributed by atoms with E-state index in [-0.39, 0.29) is 0 Å². The average Bonchev–Trinajstić information content (AvgIpc) is 2.47. The smallest absolute Gasteiger partial charge is 0.128 e. The van der Waals surface area contributed by atoms with E-state index < -0.39 is 0 Å². The highest BCUT2D eigenvalue weighted by atomic mass is 32.1. The molecule has 1 aliphatic rings. The van der Waals surface area contributed by atoms with Crippen LogP contribution in [0.1, 0.15) is 5.69 Å². The van der Waals surface area contributed by atoms with Crippen LogP contribution in [0.3, 0.4) is 0 Å². The molecule has 1 aromatic heterocycles. The Morgan fingerprint density at radius 1 is 1.11 bits per heavy atom. The van der Waals surface area contributed by atoms with Crippen LogP contribution >= 0.6 is 12.2 Å². The van der Waals surface area contributed by atoms with Crippen LogP contribution in [0.5, 0.6) is 0 Å². The Morgan fingerprint density at radius 3 is 2.72 bits per heavy atom. The maximum Gasteiger partial charge on any atom is 0.128 e. The van der Waals surface area contributed by atoms with Crippen molar-refractivity contribution in [2.24, 2.45) is 0 Å². The van der Waals surface area contributed by atoms with Crippen molar-refractivity contribution in [2.45, 2.75) is 0 Å². The van der Waals surface area contributed by atoms with Gasteiger partial charge in [-0.2, -0.15) is 0 Å². The molecule has 3 nitrogen and oxygen atoms in total. The summed E-state index contributed by atoms with van der Waals surface area (Å²) >= 11 is 5.51. The van der Waals surface area contributed by atoms with Crippen molar-refractivity contribution in [1.29, 1.82) is 0 Å². The van der Waals surface area contributed by atoms with Crippen LogP contribution in [0.4, 0.5) is 0 Å². The van der Waals surface area contributed by atoms with E-state index in [1.165, 1.54) is 0 Å². The molecule has 0 radical (unpaired) electrons. The van der Waals surface area contributed by atoms with Gasteiger partial charge >= 0.3 is 0 Å². The molecule has 92 valence electrons. The summed E-state index contributed by atoms with van der Waals surface area (Å²) < 4.78 is 5.33. The second kappa shape index (κ2) is 5.00. The fourth-order valence-corrected chi connectivity index (χ4v) is 2.41. The highest BCUT2D eigenvalue weighted by Gasteiger charge is 2.16. The van der Waals surface area contributed by atoms with Crippen molar-refractivity contribution in [3.63, 3.8) is 0 Å². The van der Waals surface area contributed by atoms with Gasteiger partial charge in [0.1, 0.15) is 4.99 Å². The predicted molar refractivity (Wildman–Crippen MR) is 75.8 cm³/mol. The molecule has 1 fully saturated rings. The van der Waals surface area contributed by atoms with Crippen LogP contribution in [0, 0.1) is 0 Å². The lowest BCUT2D eigenvalue weighted by atomic mass is 10.2. The molecule has 1 aromatic carbocycles. The summed E-state index contributed by atoms with van der Waals surface area (Å²) in [4.78, 5) is 7.61. The van der Waals surface area contributed by atoms with Crippen LogP contribution in [-0.2, 0) is 4.74 Å². The Balaban J connectivity index is 1.91. The van der Waals surface area contributed by atoms with E-state index in [1.54, 1.807) is 0 Å². The molecule has 0 bridgehead atoms. The van der Waals surface area contributed by atoms with Crippen molar-refractivity contribution < 1.29 is 4.74 Å². The van der Waals surface area contributed by atoms with Gasteiger partial charge in [-0.15, -0.1) is 0 Å². The third-order valence-corrected chi connectivity index (χ3v) is 3.58. The lowest BCUT2D eigenvalue weighted by molar-refractivity contribution is 0.0692. The zero-order valence-corrected chi connectivity index (χ0v) is 10.8. The molecule has 0 saturated carbocycles. The molecule has 1 aliphatic heterocycles. The number of para-hydroxylation sites is 1. The van der Waals surface area contributed by atoms with Crippen molar-refractivity contribution in [3.8, 4) is 0 Å². The molecule has 3 rings (SSSR count). The van der Waals surface area contributed by atoms with Gasteiger partial charge in [-0.1, -0.05) is 36.5 Å². The van der Waals surface area contributed by atoms with Crippen LogP contribution in [0.15, 0.2) is 36.4 Å².